The molecule has 0 unspecified atom stereocenters. The van der Waals surface area contributed by atoms with Crippen molar-refractivity contribution in [1.29, 1.82) is 0 Å². The number of benzene rings is 1. The van der Waals surface area contributed by atoms with Crippen LogP contribution >= 0.6 is 0 Å². The second-order valence-electron chi connectivity index (χ2n) is 6.02. The van der Waals surface area contributed by atoms with Crippen molar-refractivity contribution in [3.05, 3.63) is 35.5 Å². The number of H-pyrrole nitrogens is 1. The normalized spacial score (nSPS) is 13.1. The van der Waals surface area contributed by atoms with E-state index >= 15 is 0 Å². The third kappa shape index (κ3) is 3.07. The number of carboxylic acids is 1. The molecule has 0 aliphatic carbocycles. The summed E-state index contributed by atoms with van der Waals surface area (Å²) < 4.78 is 5.36. The molecule has 5 nitrogen and oxygen atoms in total. The van der Waals surface area contributed by atoms with E-state index in [4.69, 9.17) is 4.74 Å². The lowest BCUT2D eigenvalue weighted by Gasteiger charge is -2.20. The Labute approximate surface area is 122 Å². The summed E-state index contributed by atoms with van der Waals surface area (Å²) in [4.78, 5) is 26.7. The molecule has 21 heavy (non-hydrogen) atoms. The van der Waals surface area contributed by atoms with Crippen molar-refractivity contribution in [2.24, 2.45) is 0 Å². The lowest BCUT2D eigenvalue weighted by atomic mass is 9.97. The molecule has 0 aliphatic heterocycles. The van der Waals surface area contributed by atoms with Crippen molar-refractivity contribution in [2.45, 2.75) is 39.2 Å². The van der Waals surface area contributed by atoms with Gasteiger partial charge < -0.3 is 14.8 Å². The zero-order chi connectivity index (χ0) is 15.8. The molecule has 0 saturated carbocycles. The van der Waals surface area contributed by atoms with Crippen LogP contribution in [0.2, 0.25) is 0 Å². The van der Waals surface area contributed by atoms with Crippen molar-refractivity contribution < 1.29 is 19.4 Å². The fourth-order valence-electron chi connectivity index (χ4n) is 2.23. The van der Waals surface area contributed by atoms with Crippen molar-refractivity contribution in [3.63, 3.8) is 0 Å². The van der Waals surface area contributed by atoms with E-state index in [9.17, 15) is 14.7 Å². The number of fused-ring (bicyclic) bond motifs is 1. The van der Waals surface area contributed by atoms with E-state index in [0.717, 1.165) is 10.9 Å². The summed E-state index contributed by atoms with van der Waals surface area (Å²) in [6.45, 7) is 6.88. The number of aliphatic carboxylic acids is 1. The number of carbonyl (C=O) groups is 2. The SMILES string of the molecule is C[C@@H](C(=O)O)c1c(C(=O)OC(C)(C)C)[nH]c2ccccc12. The van der Waals surface area contributed by atoms with Crippen molar-refractivity contribution in [3.8, 4) is 0 Å². The van der Waals surface area contributed by atoms with Gasteiger partial charge in [-0.3, -0.25) is 4.79 Å². The minimum absolute atomic E-state index is 0.209. The number of rotatable bonds is 3. The maximum Gasteiger partial charge on any atom is 0.355 e. The van der Waals surface area contributed by atoms with Crippen LogP contribution in [0.25, 0.3) is 10.9 Å². The average Bonchev–Trinajstić information content (AvgIpc) is 2.75. The topological polar surface area (TPSA) is 79.4 Å². The van der Waals surface area contributed by atoms with Gasteiger partial charge >= 0.3 is 11.9 Å². The van der Waals surface area contributed by atoms with E-state index in [1.165, 1.54) is 0 Å². The van der Waals surface area contributed by atoms with Crippen LogP contribution in [0.5, 0.6) is 0 Å². The van der Waals surface area contributed by atoms with E-state index in [0.29, 0.717) is 5.56 Å². The number of carboxylic acid groups (broad SMARTS) is 1. The molecule has 1 heterocycles. The van der Waals surface area contributed by atoms with Crippen LogP contribution < -0.4 is 0 Å². The molecule has 0 bridgehead atoms. The quantitative estimate of drug-likeness (QED) is 0.850. The van der Waals surface area contributed by atoms with E-state index in [1.807, 2.05) is 12.1 Å². The van der Waals surface area contributed by atoms with Crippen LogP contribution in [-0.4, -0.2) is 27.6 Å². The molecule has 0 aliphatic rings. The zero-order valence-electron chi connectivity index (χ0n) is 12.6. The molecule has 5 heteroatoms. The molecule has 1 atom stereocenters. The third-order valence-electron chi connectivity index (χ3n) is 3.15. The Morgan fingerprint density at radius 1 is 1.24 bits per heavy atom. The summed E-state index contributed by atoms with van der Waals surface area (Å²) in [5.74, 6) is -2.32. The molecular formula is C16H19NO4. The highest BCUT2D eigenvalue weighted by atomic mass is 16.6. The summed E-state index contributed by atoms with van der Waals surface area (Å²) in [7, 11) is 0. The number of aromatic nitrogens is 1. The second-order valence-corrected chi connectivity index (χ2v) is 6.02. The Hall–Kier alpha value is -2.30. The van der Waals surface area contributed by atoms with Gasteiger partial charge in [-0.2, -0.15) is 0 Å². The number of hydrogen-bond acceptors (Lipinski definition) is 3. The van der Waals surface area contributed by atoms with Crippen molar-refractivity contribution in [1.82, 2.24) is 4.98 Å². The minimum Gasteiger partial charge on any atom is -0.481 e. The van der Waals surface area contributed by atoms with Crippen LogP contribution in [0.1, 0.15) is 49.7 Å². The predicted molar refractivity (Wildman–Crippen MR) is 79.5 cm³/mol. The number of nitrogens with one attached hydrogen (secondary N) is 1. The Bertz CT molecular complexity index is 694. The molecule has 0 spiro atoms. The number of para-hydroxylation sites is 1. The Kier molecular flexibility index (Phi) is 3.77. The van der Waals surface area contributed by atoms with Crippen LogP contribution in [0.4, 0.5) is 0 Å². The fraction of sp³-hybridized carbons (Fsp3) is 0.375. The first-order valence-electron chi connectivity index (χ1n) is 6.77. The maximum atomic E-state index is 12.3. The largest absolute Gasteiger partial charge is 0.481 e. The molecule has 0 fully saturated rings. The monoisotopic (exact) mass is 289 g/mol. The number of carbonyl (C=O) groups excluding carboxylic acids is 1. The maximum absolute atomic E-state index is 12.3. The Balaban J connectivity index is 2.59. The van der Waals surface area contributed by atoms with Gasteiger partial charge in [0.15, 0.2) is 0 Å². The van der Waals surface area contributed by atoms with Crippen LogP contribution in [0, 0.1) is 0 Å². The lowest BCUT2D eigenvalue weighted by Crippen LogP contribution is -2.25. The number of ether oxygens (including phenoxy) is 1. The van der Waals surface area contributed by atoms with E-state index in [1.54, 1.807) is 39.8 Å². The van der Waals surface area contributed by atoms with Crippen molar-refractivity contribution >= 4 is 22.8 Å². The molecule has 0 radical (unpaired) electrons. The predicted octanol–water partition coefficient (Wildman–Crippen LogP) is 3.31. The first kappa shape index (κ1) is 15.1. The highest BCUT2D eigenvalue weighted by Gasteiger charge is 2.28. The van der Waals surface area contributed by atoms with Gasteiger partial charge in [-0.15, -0.1) is 0 Å². The number of esters is 1. The standard InChI is InChI=1S/C16H19NO4/c1-9(14(18)19)12-10-7-5-6-8-11(10)17-13(12)15(20)21-16(2,3)4/h5-9,17H,1-4H3,(H,18,19)/t9-/m1/s1. The molecule has 2 rings (SSSR count). The van der Waals surface area contributed by atoms with Crippen LogP contribution in [0.3, 0.4) is 0 Å². The van der Waals surface area contributed by atoms with Crippen molar-refractivity contribution in [2.75, 3.05) is 0 Å². The Morgan fingerprint density at radius 2 is 1.86 bits per heavy atom. The fourth-order valence-corrected chi connectivity index (χ4v) is 2.23. The van der Waals surface area contributed by atoms with Gasteiger partial charge in [0, 0.05) is 16.5 Å². The summed E-state index contributed by atoms with van der Waals surface area (Å²) >= 11 is 0. The molecule has 0 saturated heterocycles. The number of hydrogen-bond donors (Lipinski definition) is 2. The van der Waals surface area contributed by atoms with Gasteiger partial charge in [0.2, 0.25) is 0 Å². The summed E-state index contributed by atoms with van der Waals surface area (Å²) in [6, 6.07) is 7.25. The Morgan fingerprint density at radius 3 is 2.43 bits per heavy atom. The van der Waals surface area contributed by atoms with Crippen LogP contribution in [-0.2, 0) is 9.53 Å². The second kappa shape index (κ2) is 5.24. The van der Waals surface area contributed by atoms with Gasteiger partial charge in [0.25, 0.3) is 0 Å². The average molecular weight is 289 g/mol. The van der Waals surface area contributed by atoms with Gasteiger partial charge in [0.05, 0.1) is 5.92 Å². The highest BCUT2D eigenvalue weighted by Crippen LogP contribution is 2.30. The first-order valence-corrected chi connectivity index (χ1v) is 6.77. The van der Waals surface area contributed by atoms with E-state index in [-0.39, 0.29) is 5.69 Å². The molecule has 2 N–H and O–H groups in total. The summed E-state index contributed by atoms with van der Waals surface area (Å²) in [6.07, 6.45) is 0. The lowest BCUT2D eigenvalue weighted by molar-refractivity contribution is -0.138. The summed E-state index contributed by atoms with van der Waals surface area (Å²) in [5, 5.41) is 10.0. The molecule has 2 aromatic rings. The van der Waals surface area contributed by atoms with Gasteiger partial charge in [0.1, 0.15) is 11.3 Å². The summed E-state index contributed by atoms with van der Waals surface area (Å²) in [5.41, 5.74) is 0.757. The van der Waals surface area contributed by atoms with Crippen LogP contribution in [0.15, 0.2) is 24.3 Å². The van der Waals surface area contributed by atoms with E-state index < -0.39 is 23.5 Å². The molecule has 0 amide bonds. The smallest absolute Gasteiger partial charge is 0.355 e. The zero-order valence-corrected chi connectivity index (χ0v) is 12.6. The molecular weight excluding hydrogens is 270 g/mol. The first-order chi connectivity index (χ1) is 9.70. The molecule has 1 aromatic carbocycles. The van der Waals surface area contributed by atoms with E-state index in [2.05, 4.69) is 4.98 Å². The van der Waals surface area contributed by atoms with Gasteiger partial charge in [-0.05, 0) is 33.8 Å². The highest BCUT2D eigenvalue weighted by molar-refractivity contribution is 6.01. The molecule has 1 aromatic heterocycles. The minimum atomic E-state index is -0.982. The molecule has 112 valence electrons. The van der Waals surface area contributed by atoms with Gasteiger partial charge in [-0.1, -0.05) is 18.2 Å². The number of aromatic amines is 1. The van der Waals surface area contributed by atoms with Gasteiger partial charge in [-0.25, -0.2) is 4.79 Å². The third-order valence-corrected chi connectivity index (χ3v) is 3.15.